The van der Waals surface area contributed by atoms with Gasteiger partial charge in [0.05, 0.1) is 0 Å². The number of amides is 1. The first-order chi connectivity index (χ1) is 9.88. The Balaban J connectivity index is 1.99. The Morgan fingerprint density at radius 1 is 1.24 bits per heavy atom. The predicted octanol–water partition coefficient (Wildman–Crippen LogP) is 3.57. The van der Waals surface area contributed by atoms with Crippen molar-refractivity contribution in [3.8, 4) is 0 Å². The number of carbonyl (C=O) groups excluding carboxylic acids is 1. The highest BCUT2D eigenvalue weighted by Gasteiger charge is 2.19. The first-order valence-electron chi connectivity index (χ1n) is 8.06. The van der Waals surface area contributed by atoms with Gasteiger partial charge in [0.2, 0.25) is 0 Å². The second-order valence-electron chi connectivity index (χ2n) is 6.63. The fourth-order valence-electron chi connectivity index (χ4n) is 2.12. The van der Waals surface area contributed by atoms with Crippen LogP contribution in [0.1, 0.15) is 59.3 Å². The first kappa shape index (κ1) is 18.2. The van der Waals surface area contributed by atoms with E-state index in [4.69, 9.17) is 14.2 Å². The van der Waals surface area contributed by atoms with Crippen molar-refractivity contribution in [2.75, 3.05) is 26.8 Å². The van der Waals surface area contributed by atoms with E-state index in [-0.39, 0.29) is 12.4 Å². The highest BCUT2D eigenvalue weighted by atomic mass is 16.7. The molecule has 1 saturated heterocycles. The van der Waals surface area contributed by atoms with Crippen molar-refractivity contribution in [1.82, 2.24) is 4.90 Å². The van der Waals surface area contributed by atoms with Crippen LogP contribution in [0.4, 0.5) is 4.79 Å². The molecule has 0 spiro atoms. The maximum Gasteiger partial charge on any atom is 0.410 e. The van der Waals surface area contributed by atoms with Gasteiger partial charge >= 0.3 is 6.09 Å². The number of ether oxygens (including phenoxy) is 3. The van der Waals surface area contributed by atoms with Gasteiger partial charge in [-0.15, -0.1) is 0 Å². The molecule has 0 radical (unpaired) electrons. The third kappa shape index (κ3) is 8.94. The largest absolute Gasteiger partial charge is 0.444 e. The number of rotatable bonds is 7. The molecule has 5 heteroatoms. The minimum absolute atomic E-state index is 0.00295. The van der Waals surface area contributed by atoms with Crippen LogP contribution in [0.2, 0.25) is 0 Å². The zero-order chi connectivity index (χ0) is 15.7. The van der Waals surface area contributed by atoms with Gasteiger partial charge in [-0.2, -0.15) is 0 Å². The fraction of sp³-hybridized carbons (Fsp3) is 0.938. The minimum Gasteiger partial charge on any atom is -0.444 e. The quantitative estimate of drug-likeness (QED) is 0.675. The van der Waals surface area contributed by atoms with Crippen LogP contribution in [0.15, 0.2) is 0 Å². The molecule has 0 aromatic carbocycles. The molecule has 21 heavy (non-hydrogen) atoms. The summed E-state index contributed by atoms with van der Waals surface area (Å²) >= 11 is 0. The monoisotopic (exact) mass is 301 g/mol. The van der Waals surface area contributed by atoms with E-state index in [9.17, 15) is 4.79 Å². The fourth-order valence-corrected chi connectivity index (χ4v) is 2.12. The molecule has 0 aliphatic carbocycles. The molecule has 0 saturated carbocycles. The van der Waals surface area contributed by atoms with E-state index < -0.39 is 5.60 Å². The molecule has 0 bridgehead atoms. The average Bonchev–Trinajstić information content (AvgIpc) is 2.41. The molecule has 0 aromatic rings. The van der Waals surface area contributed by atoms with Gasteiger partial charge in [-0.1, -0.05) is 0 Å². The van der Waals surface area contributed by atoms with Gasteiger partial charge < -0.3 is 19.1 Å². The van der Waals surface area contributed by atoms with Gasteiger partial charge in [0, 0.05) is 26.8 Å². The molecule has 1 heterocycles. The zero-order valence-corrected chi connectivity index (χ0v) is 14.0. The van der Waals surface area contributed by atoms with E-state index in [2.05, 4.69) is 0 Å². The molecular weight excluding hydrogens is 270 g/mol. The summed E-state index contributed by atoms with van der Waals surface area (Å²) in [5.41, 5.74) is -0.431. The highest BCUT2D eigenvalue weighted by Crippen LogP contribution is 2.14. The Morgan fingerprint density at radius 3 is 2.62 bits per heavy atom. The lowest BCUT2D eigenvalue weighted by molar-refractivity contribution is -0.162. The molecule has 1 rings (SSSR count). The van der Waals surface area contributed by atoms with Crippen LogP contribution in [0.3, 0.4) is 0 Å². The summed E-state index contributed by atoms with van der Waals surface area (Å²) in [7, 11) is 1.78. The van der Waals surface area contributed by atoms with Gasteiger partial charge in [0.25, 0.3) is 0 Å². The summed E-state index contributed by atoms with van der Waals surface area (Å²) in [4.78, 5) is 13.4. The number of nitrogens with zero attached hydrogens (tertiary/aromatic N) is 1. The Hall–Kier alpha value is -0.810. The molecule has 1 atom stereocenters. The molecule has 5 nitrogen and oxygen atoms in total. The van der Waals surface area contributed by atoms with Crippen LogP contribution < -0.4 is 0 Å². The topological polar surface area (TPSA) is 48.0 Å². The van der Waals surface area contributed by atoms with Gasteiger partial charge in [0.1, 0.15) is 5.60 Å². The van der Waals surface area contributed by atoms with Crippen molar-refractivity contribution in [2.45, 2.75) is 71.2 Å². The summed E-state index contributed by atoms with van der Waals surface area (Å²) in [6, 6.07) is 0. The average molecular weight is 301 g/mol. The Labute approximate surface area is 128 Å². The van der Waals surface area contributed by atoms with Crippen molar-refractivity contribution in [3.63, 3.8) is 0 Å². The van der Waals surface area contributed by atoms with Crippen LogP contribution >= 0.6 is 0 Å². The van der Waals surface area contributed by atoms with E-state index in [0.717, 1.165) is 51.9 Å². The second kappa shape index (κ2) is 9.26. The molecule has 124 valence electrons. The lowest BCUT2D eigenvalue weighted by Gasteiger charge is -2.24. The van der Waals surface area contributed by atoms with Gasteiger partial charge in [-0.05, 0) is 59.3 Å². The minimum atomic E-state index is -0.431. The summed E-state index contributed by atoms with van der Waals surface area (Å²) < 4.78 is 16.5. The van der Waals surface area contributed by atoms with E-state index in [1.807, 2.05) is 20.8 Å². The lowest BCUT2D eigenvalue weighted by Crippen LogP contribution is -2.34. The van der Waals surface area contributed by atoms with Crippen LogP contribution in [0.5, 0.6) is 0 Å². The van der Waals surface area contributed by atoms with Crippen molar-refractivity contribution in [2.24, 2.45) is 0 Å². The summed E-state index contributed by atoms with van der Waals surface area (Å²) in [5.74, 6) is 0. The number of hydrogen-bond donors (Lipinski definition) is 0. The molecule has 1 aliphatic rings. The number of carbonyl (C=O) groups is 1. The summed E-state index contributed by atoms with van der Waals surface area (Å²) in [6.07, 6.45) is 6.12. The van der Waals surface area contributed by atoms with Crippen molar-refractivity contribution >= 4 is 6.09 Å². The van der Waals surface area contributed by atoms with Crippen molar-refractivity contribution in [3.05, 3.63) is 0 Å². The number of unbranched alkanes of at least 4 members (excludes halogenated alkanes) is 2. The molecule has 1 aliphatic heterocycles. The molecule has 1 amide bonds. The third-order valence-electron chi connectivity index (χ3n) is 3.28. The molecule has 1 fully saturated rings. The highest BCUT2D eigenvalue weighted by molar-refractivity contribution is 5.67. The summed E-state index contributed by atoms with van der Waals surface area (Å²) in [5, 5.41) is 0. The maximum absolute atomic E-state index is 11.7. The van der Waals surface area contributed by atoms with E-state index in [1.165, 1.54) is 6.42 Å². The predicted molar refractivity (Wildman–Crippen MR) is 82.3 cm³/mol. The first-order valence-corrected chi connectivity index (χ1v) is 8.06. The number of hydrogen-bond acceptors (Lipinski definition) is 4. The van der Waals surface area contributed by atoms with Crippen LogP contribution in [-0.4, -0.2) is 49.7 Å². The van der Waals surface area contributed by atoms with E-state index >= 15 is 0 Å². The molecule has 0 aromatic heterocycles. The van der Waals surface area contributed by atoms with Gasteiger partial charge in [0.15, 0.2) is 6.29 Å². The molecule has 0 N–H and O–H groups in total. The Bertz CT molecular complexity index is 295. The van der Waals surface area contributed by atoms with E-state index in [0.29, 0.717) is 0 Å². The van der Waals surface area contributed by atoms with Crippen LogP contribution in [0, 0.1) is 0 Å². The van der Waals surface area contributed by atoms with Crippen LogP contribution in [0.25, 0.3) is 0 Å². The smallest absolute Gasteiger partial charge is 0.410 e. The molecular formula is C16H31NO4. The SMILES string of the molecule is CN(CCCCCOC1CCCCO1)C(=O)OC(C)(C)C. The molecule has 1 unspecified atom stereocenters. The standard InChI is InChI=1S/C16H31NO4/c1-16(2,3)21-15(18)17(4)11-7-5-8-12-19-14-10-6-9-13-20-14/h14H,5-13H2,1-4H3. The maximum atomic E-state index is 11.7. The second-order valence-corrected chi connectivity index (χ2v) is 6.63. The zero-order valence-electron chi connectivity index (χ0n) is 14.0. The van der Waals surface area contributed by atoms with Gasteiger partial charge in [-0.25, -0.2) is 4.79 Å². The van der Waals surface area contributed by atoms with Crippen LogP contribution in [-0.2, 0) is 14.2 Å². The van der Waals surface area contributed by atoms with Crippen molar-refractivity contribution < 1.29 is 19.0 Å². The summed E-state index contributed by atoms with van der Waals surface area (Å²) in [6.45, 7) is 7.91. The third-order valence-corrected chi connectivity index (χ3v) is 3.28. The van der Waals surface area contributed by atoms with E-state index in [1.54, 1.807) is 11.9 Å². The Morgan fingerprint density at radius 2 is 2.00 bits per heavy atom. The lowest BCUT2D eigenvalue weighted by atomic mass is 10.2. The van der Waals surface area contributed by atoms with Crippen molar-refractivity contribution in [1.29, 1.82) is 0 Å². The normalized spacial score (nSPS) is 19.3. The van der Waals surface area contributed by atoms with Gasteiger partial charge in [-0.3, -0.25) is 0 Å². The Kier molecular flexibility index (Phi) is 8.04.